The zero-order valence-corrected chi connectivity index (χ0v) is 16.4. The molecule has 0 aliphatic carbocycles. The quantitative estimate of drug-likeness (QED) is 0.754. The lowest BCUT2D eigenvalue weighted by molar-refractivity contribution is 0.0783. The summed E-state index contributed by atoms with van der Waals surface area (Å²) in [6, 6.07) is 12.5. The van der Waals surface area contributed by atoms with E-state index in [1.54, 1.807) is 18.1 Å². The van der Waals surface area contributed by atoms with Gasteiger partial charge in [0.05, 0.1) is 12.7 Å². The van der Waals surface area contributed by atoms with Gasteiger partial charge in [0.2, 0.25) is 0 Å². The second kappa shape index (κ2) is 7.61. The normalized spacial score (nSPS) is 10.7. The third kappa shape index (κ3) is 4.00. The summed E-state index contributed by atoms with van der Waals surface area (Å²) in [6.07, 6.45) is 1.63. The average molecular weight is 363 g/mol. The molecule has 0 bridgehead atoms. The van der Waals surface area contributed by atoms with Gasteiger partial charge in [0.1, 0.15) is 5.69 Å². The van der Waals surface area contributed by atoms with Crippen LogP contribution in [0.3, 0.4) is 0 Å². The summed E-state index contributed by atoms with van der Waals surface area (Å²) in [4.78, 5) is 16.9. The highest BCUT2D eigenvalue weighted by Gasteiger charge is 2.19. The van der Waals surface area contributed by atoms with Gasteiger partial charge >= 0.3 is 0 Å². The average Bonchev–Trinajstić information content (AvgIpc) is 3.14. The van der Waals surface area contributed by atoms with Crippen LogP contribution in [0.4, 0.5) is 5.69 Å². The molecule has 0 radical (unpaired) electrons. The maximum Gasteiger partial charge on any atom is 0.254 e. The number of anilines is 1. The summed E-state index contributed by atoms with van der Waals surface area (Å²) in [5, 5.41) is 10.4. The Kier molecular flexibility index (Phi) is 5.26. The number of H-pyrrole nitrogens is 1. The van der Waals surface area contributed by atoms with Crippen LogP contribution in [0.15, 0.2) is 42.6 Å². The van der Waals surface area contributed by atoms with Crippen LogP contribution >= 0.6 is 0 Å². The summed E-state index contributed by atoms with van der Waals surface area (Å²) in [5.74, 6) is -0.0347. The molecular formula is C21H25N5O. The molecule has 3 rings (SSSR count). The molecule has 1 N–H and O–H groups in total. The Labute approximate surface area is 159 Å². The van der Waals surface area contributed by atoms with Gasteiger partial charge in [0.25, 0.3) is 5.91 Å². The van der Waals surface area contributed by atoms with E-state index in [1.165, 1.54) is 5.56 Å². The highest BCUT2D eigenvalue weighted by molar-refractivity contribution is 5.98. The van der Waals surface area contributed by atoms with Crippen LogP contribution < -0.4 is 4.90 Å². The second-order valence-corrected chi connectivity index (χ2v) is 7.05. The van der Waals surface area contributed by atoms with Crippen LogP contribution in [-0.2, 0) is 6.54 Å². The molecular weight excluding hydrogens is 338 g/mol. The maximum absolute atomic E-state index is 13.2. The number of carbonyl (C=O) groups is 1. The van der Waals surface area contributed by atoms with Crippen molar-refractivity contribution in [1.29, 1.82) is 0 Å². The first-order valence-electron chi connectivity index (χ1n) is 8.86. The lowest BCUT2D eigenvalue weighted by Crippen LogP contribution is -2.27. The number of benzene rings is 2. The van der Waals surface area contributed by atoms with Gasteiger partial charge in [-0.3, -0.25) is 4.79 Å². The Morgan fingerprint density at radius 1 is 1.04 bits per heavy atom. The van der Waals surface area contributed by atoms with Crippen molar-refractivity contribution in [2.45, 2.75) is 20.4 Å². The Morgan fingerprint density at radius 2 is 1.74 bits per heavy atom. The lowest BCUT2D eigenvalue weighted by atomic mass is 9.96. The molecule has 6 nitrogen and oxygen atoms in total. The van der Waals surface area contributed by atoms with Crippen molar-refractivity contribution >= 4 is 11.6 Å². The van der Waals surface area contributed by atoms with Crippen LogP contribution in [0.1, 0.15) is 27.2 Å². The number of amides is 1. The van der Waals surface area contributed by atoms with E-state index in [9.17, 15) is 4.79 Å². The number of hydrogen-bond acceptors (Lipinski definition) is 4. The van der Waals surface area contributed by atoms with Crippen LogP contribution in [0.5, 0.6) is 0 Å². The highest BCUT2D eigenvalue weighted by Crippen LogP contribution is 2.31. The largest absolute Gasteiger partial charge is 0.377 e. The fourth-order valence-corrected chi connectivity index (χ4v) is 3.12. The molecule has 0 aliphatic heterocycles. The van der Waals surface area contributed by atoms with Crippen LogP contribution in [-0.4, -0.2) is 47.4 Å². The number of rotatable bonds is 5. The second-order valence-electron chi connectivity index (χ2n) is 7.05. The summed E-state index contributed by atoms with van der Waals surface area (Å²) in [7, 11) is 5.77. The molecule has 0 atom stereocenters. The van der Waals surface area contributed by atoms with Crippen molar-refractivity contribution < 1.29 is 4.79 Å². The third-order valence-corrected chi connectivity index (χ3v) is 4.69. The molecule has 0 saturated heterocycles. The van der Waals surface area contributed by atoms with E-state index in [2.05, 4.69) is 52.7 Å². The van der Waals surface area contributed by atoms with E-state index in [0.717, 1.165) is 28.1 Å². The minimum absolute atomic E-state index is 0.0347. The summed E-state index contributed by atoms with van der Waals surface area (Å²) in [5.41, 5.74) is 6.76. The molecule has 1 amide bonds. The first-order valence-corrected chi connectivity index (χ1v) is 8.86. The minimum Gasteiger partial charge on any atom is -0.377 e. The zero-order valence-electron chi connectivity index (χ0n) is 16.4. The van der Waals surface area contributed by atoms with Gasteiger partial charge in [-0.25, -0.2) is 0 Å². The predicted molar refractivity (Wildman–Crippen MR) is 108 cm³/mol. The van der Waals surface area contributed by atoms with E-state index >= 15 is 0 Å². The van der Waals surface area contributed by atoms with Gasteiger partial charge < -0.3 is 9.80 Å². The summed E-state index contributed by atoms with van der Waals surface area (Å²) in [6.45, 7) is 4.46. The number of nitrogens with zero attached hydrogens (tertiary/aromatic N) is 4. The van der Waals surface area contributed by atoms with Crippen molar-refractivity contribution in [2.24, 2.45) is 0 Å². The van der Waals surface area contributed by atoms with Crippen LogP contribution in [0.2, 0.25) is 0 Å². The zero-order chi connectivity index (χ0) is 19.6. The molecule has 3 aromatic rings. The lowest BCUT2D eigenvalue weighted by Gasteiger charge is -2.23. The SMILES string of the molecule is Cc1ccc(-c2cc(C(=O)N(C)Cc3cn[nH]n3)c(C)c(N(C)C)c2)cc1. The standard InChI is InChI=1S/C21H25N5O/c1-14-6-8-16(9-7-14)17-10-19(15(2)20(11-17)25(3)4)21(27)26(5)13-18-12-22-24-23-18/h6-12H,13H2,1-5H3,(H,22,23,24). The first-order chi connectivity index (χ1) is 12.9. The number of nitrogens with one attached hydrogen (secondary N) is 1. The van der Waals surface area contributed by atoms with Crippen molar-refractivity contribution in [3.63, 3.8) is 0 Å². The van der Waals surface area contributed by atoms with E-state index < -0.39 is 0 Å². The van der Waals surface area contributed by atoms with E-state index in [-0.39, 0.29) is 5.91 Å². The highest BCUT2D eigenvalue weighted by atomic mass is 16.2. The third-order valence-electron chi connectivity index (χ3n) is 4.69. The molecule has 0 fully saturated rings. The molecule has 0 aliphatic rings. The Balaban J connectivity index is 2.02. The topological polar surface area (TPSA) is 65.1 Å². The Hall–Kier alpha value is -3.15. The number of aromatic nitrogens is 3. The molecule has 2 aromatic carbocycles. The van der Waals surface area contributed by atoms with Crippen LogP contribution in [0.25, 0.3) is 11.1 Å². The molecule has 6 heteroatoms. The molecule has 0 unspecified atom stereocenters. The van der Waals surface area contributed by atoms with Gasteiger partial charge in [0.15, 0.2) is 0 Å². The first kappa shape index (κ1) is 18.6. The van der Waals surface area contributed by atoms with E-state index in [4.69, 9.17) is 0 Å². The number of carbonyl (C=O) groups excluding carboxylic acids is 1. The van der Waals surface area contributed by atoms with Crippen molar-refractivity contribution in [3.05, 3.63) is 65.0 Å². The molecule has 140 valence electrons. The molecule has 0 spiro atoms. The smallest absolute Gasteiger partial charge is 0.254 e. The maximum atomic E-state index is 13.2. The van der Waals surface area contributed by atoms with Crippen LogP contribution in [0, 0.1) is 13.8 Å². The monoisotopic (exact) mass is 363 g/mol. The number of aromatic amines is 1. The van der Waals surface area contributed by atoms with E-state index in [1.807, 2.05) is 32.0 Å². The van der Waals surface area contributed by atoms with Crippen molar-refractivity contribution in [1.82, 2.24) is 20.3 Å². The molecule has 1 aromatic heterocycles. The summed E-state index contributed by atoms with van der Waals surface area (Å²) >= 11 is 0. The molecule has 0 saturated carbocycles. The summed E-state index contributed by atoms with van der Waals surface area (Å²) < 4.78 is 0. The Bertz CT molecular complexity index is 930. The van der Waals surface area contributed by atoms with Crippen molar-refractivity contribution in [2.75, 3.05) is 26.0 Å². The number of hydrogen-bond donors (Lipinski definition) is 1. The van der Waals surface area contributed by atoms with Gasteiger partial charge in [-0.2, -0.15) is 15.4 Å². The van der Waals surface area contributed by atoms with Gasteiger partial charge in [-0.15, -0.1) is 0 Å². The van der Waals surface area contributed by atoms with E-state index in [0.29, 0.717) is 12.1 Å². The fraction of sp³-hybridized carbons (Fsp3) is 0.286. The Morgan fingerprint density at radius 3 is 2.33 bits per heavy atom. The minimum atomic E-state index is -0.0347. The van der Waals surface area contributed by atoms with Gasteiger partial charge in [0, 0.05) is 32.4 Å². The fourth-order valence-electron chi connectivity index (χ4n) is 3.12. The predicted octanol–water partition coefficient (Wildman–Crippen LogP) is 3.43. The van der Waals surface area contributed by atoms with Gasteiger partial charge in [-0.1, -0.05) is 29.8 Å². The molecule has 1 heterocycles. The molecule has 27 heavy (non-hydrogen) atoms. The van der Waals surface area contributed by atoms with Crippen molar-refractivity contribution in [3.8, 4) is 11.1 Å². The number of aryl methyl sites for hydroxylation is 1. The van der Waals surface area contributed by atoms with Gasteiger partial charge in [-0.05, 0) is 42.7 Å².